The van der Waals surface area contributed by atoms with Crippen LogP contribution in [0.15, 0.2) is 42.6 Å². The van der Waals surface area contributed by atoms with E-state index in [0.29, 0.717) is 12.4 Å². The molecule has 0 spiro atoms. The predicted molar refractivity (Wildman–Crippen MR) is 92.7 cm³/mol. The standard InChI is InChI=1S/C19H17FN4O/c20-14-10-12(7-8-17(14)25)11-22-18-13-4-3-6-15(13)23-19(24-18)16-5-1-2-9-21-16/h1-2,5,7-10,25H,3-4,6,11H2,(H,22,23,24). The van der Waals surface area contributed by atoms with E-state index < -0.39 is 5.82 Å². The number of hydrogen-bond acceptors (Lipinski definition) is 5. The summed E-state index contributed by atoms with van der Waals surface area (Å²) in [6, 6.07) is 10.0. The number of hydrogen-bond donors (Lipinski definition) is 2. The quantitative estimate of drug-likeness (QED) is 0.763. The summed E-state index contributed by atoms with van der Waals surface area (Å²) in [5.41, 5.74) is 3.64. The Hall–Kier alpha value is -3.02. The van der Waals surface area contributed by atoms with Gasteiger partial charge in [-0.3, -0.25) is 4.98 Å². The highest BCUT2D eigenvalue weighted by Crippen LogP contribution is 2.29. The molecule has 0 bridgehead atoms. The molecule has 0 saturated carbocycles. The van der Waals surface area contributed by atoms with Gasteiger partial charge in [0.25, 0.3) is 0 Å². The Morgan fingerprint density at radius 2 is 2.04 bits per heavy atom. The van der Waals surface area contributed by atoms with Crippen molar-refractivity contribution in [2.24, 2.45) is 0 Å². The van der Waals surface area contributed by atoms with Crippen molar-refractivity contribution in [3.05, 3.63) is 65.2 Å². The second kappa shape index (κ2) is 6.47. The van der Waals surface area contributed by atoms with E-state index >= 15 is 0 Å². The Bertz CT molecular complexity index is 915. The van der Waals surface area contributed by atoms with E-state index in [1.54, 1.807) is 12.3 Å². The summed E-state index contributed by atoms with van der Waals surface area (Å²) in [6.45, 7) is 0.419. The minimum atomic E-state index is -0.624. The number of aromatic hydroxyl groups is 1. The van der Waals surface area contributed by atoms with Crippen molar-refractivity contribution in [3.8, 4) is 17.3 Å². The first-order valence-corrected chi connectivity index (χ1v) is 8.23. The van der Waals surface area contributed by atoms with Gasteiger partial charge < -0.3 is 10.4 Å². The number of phenolic OH excluding ortho intramolecular Hbond substituents is 1. The van der Waals surface area contributed by atoms with Gasteiger partial charge in [0.1, 0.15) is 11.5 Å². The van der Waals surface area contributed by atoms with Gasteiger partial charge in [0.05, 0.1) is 0 Å². The third-order valence-electron chi connectivity index (χ3n) is 4.30. The fourth-order valence-corrected chi connectivity index (χ4v) is 3.03. The first kappa shape index (κ1) is 15.5. The lowest BCUT2D eigenvalue weighted by atomic mass is 10.2. The zero-order chi connectivity index (χ0) is 17.2. The van der Waals surface area contributed by atoms with E-state index in [1.165, 1.54) is 12.1 Å². The molecule has 1 aliphatic carbocycles. The number of phenols is 1. The van der Waals surface area contributed by atoms with Gasteiger partial charge in [0.15, 0.2) is 17.4 Å². The first-order chi connectivity index (χ1) is 12.2. The van der Waals surface area contributed by atoms with Crippen molar-refractivity contribution in [1.82, 2.24) is 15.0 Å². The van der Waals surface area contributed by atoms with Gasteiger partial charge in [0.2, 0.25) is 0 Å². The van der Waals surface area contributed by atoms with Gasteiger partial charge >= 0.3 is 0 Å². The maximum absolute atomic E-state index is 13.5. The fourth-order valence-electron chi connectivity index (χ4n) is 3.03. The van der Waals surface area contributed by atoms with Gasteiger partial charge in [-0.2, -0.15) is 0 Å². The molecule has 0 radical (unpaired) electrons. The van der Waals surface area contributed by atoms with E-state index in [2.05, 4.69) is 20.3 Å². The van der Waals surface area contributed by atoms with Crippen LogP contribution in [-0.2, 0) is 19.4 Å². The molecule has 126 valence electrons. The van der Waals surface area contributed by atoms with E-state index in [1.807, 2.05) is 18.2 Å². The zero-order valence-electron chi connectivity index (χ0n) is 13.5. The van der Waals surface area contributed by atoms with E-state index in [-0.39, 0.29) is 5.75 Å². The fraction of sp³-hybridized carbons (Fsp3) is 0.211. The summed E-state index contributed by atoms with van der Waals surface area (Å²) in [5.74, 6) is 0.405. The smallest absolute Gasteiger partial charge is 0.180 e. The van der Waals surface area contributed by atoms with Crippen LogP contribution in [0.5, 0.6) is 5.75 Å². The van der Waals surface area contributed by atoms with Crippen LogP contribution in [0.4, 0.5) is 10.2 Å². The van der Waals surface area contributed by atoms with Crippen LogP contribution in [0.25, 0.3) is 11.5 Å². The lowest BCUT2D eigenvalue weighted by Crippen LogP contribution is -2.08. The number of fused-ring (bicyclic) bond motifs is 1. The maximum atomic E-state index is 13.5. The van der Waals surface area contributed by atoms with Crippen LogP contribution in [0.1, 0.15) is 23.2 Å². The summed E-state index contributed by atoms with van der Waals surface area (Å²) in [6.07, 6.45) is 4.64. The van der Waals surface area contributed by atoms with Gasteiger partial charge in [0, 0.05) is 24.0 Å². The molecule has 25 heavy (non-hydrogen) atoms. The molecule has 1 aromatic carbocycles. The summed E-state index contributed by atoms with van der Waals surface area (Å²) < 4.78 is 13.5. The van der Waals surface area contributed by atoms with Gasteiger partial charge in [-0.15, -0.1) is 0 Å². The van der Waals surface area contributed by atoms with Crippen molar-refractivity contribution in [2.45, 2.75) is 25.8 Å². The third kappa shape index (κ3) is 3.15. The van der Waals surface area contributed by atoms with Crippen LogP contribution >= 0.6 is 0 Å². The molecule has 1 aliphatic rings. The van der Waals surface area contributed by atoms with Crippen LogP contribution in [0.3, 0.4) is 0 Å². The van der Waals surface area contributed by atoms with Crippen LogP contribution in [0, 0.1) is 5.82 Å². The van der Waals surface area contributed by atoms with E-state index in [9.17, 15) is 9.50 Å². The molecule has 2 N–H and O–H groups in total. The van der Waals surface area contributed by atoms with Gasteiger partial charge in [-0.25, -0.2) is 14.4 Å². The van der Waals surface area contributed by atoms with E-state index in [4.69, 9.17) is 0 Å². The summed E-state index contributed by atoms with van der Waals surface area (Å²) in [4.78, 5) is 13.6. The molecule has 2 aromatic heterocycles. The number of nitrogens with zero attached hydrogens (tertiary/aromatic N) is 3. The average molecular weight is 336 g/mol. The van der Waals surface area contributed by atoms with Crippen molar-refractivity contribution in [1.29, 1.82) is 0 Å². The van der Waals surface area contributed by atoms with Gasteiger partial charge in [-0.1, -0.05) is 12.1 Å². The Kier molecular flexibility index (Phi) is 4.01. The largest absolute Gasteiger partial charge is 0.505 e. The van der Waals surface area contributed by atoms with Crippen LogP contribution in [-0.4, -0.2) is 20.1 Å². The molecule has 6 heteroatoms. The van der Waals surface area contributed by atoms with Gasteiger partial charge in [-0.05, 0) is 49.1 Å². The number of aromatic nitrogens is 3. The highest BCUT2D eigenvalue weighted by molar-refractivity contribution is 5.57. The molecular formula is C19H17FN4O. The normalized spacial score (nSPS) is 12.8. The number of anilines is 1. The molecule has 0 atom stereocenters. The number of pyridine rings is 1. The second-order valence-corrected chi connectivity index (χ2v) is 6.03. The minimum absolute atomic E-state index is 0.343. The molecule has 2 heterocycles. The molecule has 0 saturated heterocycles. The topological polar surface area (TPSA) is 70.9 Å². The Labute approximate surface area is 144 Å². The molecule has 3 aromatic rings. The second-order valence-electron chi connectivity index (χ2n) is 6.03. The molecule has 0 unspecified atom stereocenters. The first-order valence-electron chi connectivity index (χ1n) is 8.23. The SMILES string of the molecule is Oc1ccc(CNc2nc(-c3ccccn3)nc3c2CCC3)cc1F. The number of halogens is 1. The summed E-state index contributed by atoms with van der Waals surface area (Å²) in [5, 5.41) is 12.6. The molecule has 4 rings (SSSR count). The Balaban J connectivity index is 1.64. The summed E-state index contributed by atoms with van der Waals surface area (Å²) in [7, 11) is 0. The number of benzene rings is 1. The summed E-state index contributed by atoms with van der Waals surface area (Å²) >= 11 is 0. The van der Waals surface area contributed by atoms with Crippen LogP contribution < -0.4 is 5.32 Å². The van der Waals surface area contributed by atoms with Crippen molar-refractivity contribution < 1.29 is 9.50 Å². The Morgan fingerprint density at radius 1 is 1.12 bits per heavy atom. The maximum Gasteiger partial charge on any atom is 0.180 e. The van der Waals surface area contributed by atoms with Crippen molar-refractivity contribution in [3.63, 3.8) is 0 Å². The van der Waals surface area contributed by atoms with Crippen LogP contribution in [0.2, 0.25) is 0 Å². The lowest BCUT2D eigenvalue weighted by Gasteiger charge is -2.12. The number of aryl methyl sites for hydroxylation is 1. The predicted octanol–water partition coefficient (Wildman–Crippen LogP) is 3.48. The zero-order valence-corrected chi connectivity index (χ0v) is 13.5. The highest BCUT2D eigenvalue weighted by Gasteiger charge is 2.20. The minimum Gasteiger partial charge on any atom is -0.505 e. The highest BCUT2D eigenvalue weighted by atomic mass is 19.1. The van der Waals surface area contributed by atoms with Crippen molar-refractivity contribution >= 4 is 5.82 Å². The lowest BCUT2D eigenvalue weighted by molar-refractivity contribution is 0.432. The molecule has 0 fully saturated rings. The number of rotatable bonds is 4. The Morgan fingerprint density at radius 3 is 2.84 bits per heavy atom. The van der Waals surface area contributed by atoms with Crippen molar-refractivity contribution in [2.75, 3.05) is 5.32 Å². The van der Waals surface area contributed by atoms with E-state index in [0.717, 1.165) is 47.6 Å². The third-order valence-corrected chi connectivity index (χ3v) is 4.30. The molecule has 0 aliphatic heterocycles. The average Bonchev–Trinajstić information content (AvgIpc) is 3.12. The molecule has 0 amide bonds. The molecular weight excluding hydrogens is 319 g/mol. The monoisotopic (exact) mass is 336 g/mol. The number of nitrogens with one attached hydrogen (secondary N) is 1. The molecule has 5 nitrogen and oxygen atoms in total.